The molecule has 0 aromatic heterocycles. The van der Waals surface area contributed by atoms with Crippen molar-refractivity contribution in [2.45, 2.75) is 74.7 Å². The van der Waals surface area contributed by atoms with Gasteiger partial charge in [-0.15, -0.1) is 0 Å². The summed E-state index contributed by atoms with van der Waals surface area (Å²) in [5.74, 6) is 1.22. The van der Waals surface area contributed by atoms with Gasteiger partial charge in [0.25, 0.3) is 0 Å². The Morgan fingerprint density at radius 1 is 0.750 bits per heavy atom. The summed E-state index contributed by atoms with van der Waals surface area (Å²) in [6, 6.07) is 0. The van der Waals surface area contributed by atoms with Crippen LogP contribution in [0.5, 0.6) is 0 Å². The average Bonchev–Trinajstić information content (AvgIpc) is 3.22. The van der Waals surface area contributed by atoms with Gasteiger partial charge in [-0.25, -0.2) is 0 Å². The van der Waals surface area contributed by atoms with Gasteiger partial charge in [0.1, 0.15) is 0 Å². The zero-order valence-corrected chi connectivity index (χ0v) is 17.2. The molecule has 2 aliphatic heterocycles. The van der Waals surface area contributed by atoms with Gasteiger partial charge in [0.05, 0.1) is 0 Å². The Morgan fingerprint density at radius 3 is 1.46 bits per heavy atom. The first-order chi connectivity index (χ1) is 11.6. The van der Waals surface area contributed by atoms with Crippen LogP contribution in [-0.4, -0.2) is 44.2 Å². The van der Waals surface area contributed by atoms with Crippen LogP contribution in [0, 0.1) is 0 Å². The molecule has 0 aliphatic carbocycles. The third-order valence-corrected chi connectivity index (χ3v) is 9.80. The second-order valence-corrected chi connectivity index (χ2v) is 11.5. The maximum absolute atomic E-state index is 10.2. The zero-order chi connectivity index (χ0) is 17.6. The SMILES string of the molecule is O=C(O)CCCCC1CCSS1.O=C(O)CCCC[C@H]1CCSS1. The molecule has 0 aromatic rings. The van der Waals surface area contributed by atoms with Crippen molar-refractivity contribution in [2.24, 2.45) is 0 Å². The van der Waals surface area contributed by atoms with E-state index in [9.17, 15) is 9.59 Å². The van der Waals surface area contributed by atoms with Crippen molar-refractivity contribution in [3.63, 3.8) is 0 Å². The van der Waals surface area contributed by atoms with Gasteiger partial charge in [-0.3, -0.25) is 9.59 Å². The Balaban J connectivity index is 0.000000240. The van der Waals surface area contributed by atoms with E-state index in [0.29, 0.717) is 12.8 Å². The van der Waals surface area contributed by atoms with E-state index < -0.39 is 11.9 Å². The van der Waals surface area contributed by atoms with E-state index in [1.807, 2.05) is 43.2 Å². The van der Waals surface area contributed by atoms with Crippen LogP contribution in [0.25, 0.3) is 0 Å². The van der Waals surface area contributed by atoms with Crippen molar-refractivity contribution >= 4 is 55.1 Å². The van der Waals surface area contributed by atoms with Gasteiger partial charge in [-0.1, -0.05) is 56.0 Å². The Kier molecular flexibility index (Phi) is 13.5. The number of unbranched alkanes of at least 4 members (excludes halogenated alkanes) is 2. The molecule has 1 unspecified atom stereocenters. The van der Waals surface area contributed by atoms with Gasteiger partial charge in [0.2, 0.25) is 0 Å². The minimum Gasteiger partial charge on any atom is -0.481 e. The molecule has 140 valence electrons. The molecule has 0 amide bonds. The van der Waals surface area contributed by atoms with E-state index in [2.05, 4.69) is 0 Å². The van der Waals surface area contributed by atoms with E-state index in [-0.39, 0.29) is 0 Å². The summed E-state index contributed by atoms with van der Waals surface area (Å²) in [5.41, 5.74) is 0. The zero-order valence-electron chi connectivity index (χ0n) is 14.0. The minimum absolute atomic E-state index is 0.338. The summed E-state index contributed by atoms with van der Waals surface area (Å²) in [6.45, 7) is 0. The summed E-state index contributed by atoms with van der Waals surface area (Å²) >= 11 is 0. The van der Waals surface area contributed by atoms with E-state index in [4.69, 9.17) is 10.2 Å². The van der Waals surface area contributed by atoms with Gasteiger partial charge >= 0.3 is 11.9 Å². The highest BCUT2D eigenvalue weighted by Gasteiger charge is 2.16. The van der Waals surface area contributed by atoms with E-state index >= 15 is 0 Å². The van der Waals surface area contributed by atoms with Crippen LogP contribution in [0.2, 0.25) is 0 Å². The van der Waals surface area contributed by atoms with Gasteiger partial charge in [-0.2, -0.15) is 0 Å². The van der Waals surface area contributed by atoms with Crippen LogP contribution < -0.4 is 0 Å². The average molecular weight is 413 g/mol. The van der Waals surface area contributed by atoms with E-state index in [0.717, 1.165) is 36.2 Å². The molecule has 0 aromatic carbocycles. The lowest BCUT2D eigenvalue weighted by molar-refractivity contribution is -0.138. The summed E-state index contributed by atoms with van der Waals surface area (Å²) in [4.78, 5) is 20.4. The van der Waals surface area contributed by atoms with Crippen molar-refractivity contribution in [3.8, 4) is 0 Å². The molecule has 2 saturated heterocycles. The molecule has 0 radical (unpaired) electrons. The third-order valence-electron chi connectivity index (χ3n) is 3.79. The molecular weight excluding hydrogens is 384 g/mol. The van der Waals surface area contributed by atoms with Crippen LogP contribution in [0.15, 0.2) is 0 Å². The maximum Gasteiger partial charge on any atom is 0.303 e. The Morgan fingerprint density at radius 2 is 1.17 bits per heavy atom. The summed E-state index contributed by atoms with van der Waals surface area (Å²) < 4.78 is 0. The fourth-order valence-corrected chi connectivity index (χ4v) is 8.48. The van der Waals surface area contributed by atoms with E-state index in [1.54, 1.807) is 0 Å². The van der Waals surface area contributed by atoms with Gasteiger partial charge in [-0.05, 0) is 38.5 Å². The second kappa shape index (κ2) is 14.5. The molecule has 2 rings (SSSR count). The molecule has 2 N–H and O–H groups in total. The number of aliphatic carboxylic acids is 2. The highest BCUT2D eigenvalue weighted by Crippen LogP contribution is 2.40. The van der Waals surface area contributed by atoms with Gasteiger partial charge in [0.15, 0.2) is 0 Å². The highest BCUT2D eigenvalue weighted by atomic mass is 33.1. The first-order valence-corrected chi connectivity index (χ1v) is 13.3. The summed E-state index contributed by atoms with van der Waals surface area (Å²) in [7, 11) is 7.83. The van der Waals surface area contributed by atoms with Crippen molar-refractivity contribution < 1.29 is 19.8 Å². The quantitative estimate of drug-likeness (QED) is 0.356. The first-order valence-electron chi connectivity index (χ1n) is 8.58. The molecular formula is C16H28O4S4. The fourth-order valence-electron chi connectivity index (χ4n) is 2.43. The number of carboxylic acid groups (broad SMARTS) is 2. The molecule has 0 bridgehead atoms. The van der Waals surface area contributed by atoms with Crippen molar-refractivity contribution in [1.29, 1.82) is 0 Å². The van der Waals surface area contributed by atoms with Crippen LogP contribution in [-0.2, 0) is 9.59 Å². The Bertz CT molecular complexity index is 322. The Hall–Kier alpha value is 0.340. The lowest BCUT2D eigenvalue weighted by Crippen LogP contribution is -1.99. The molecule has 2 atom stereocenters. The molecule has 2 fully saturated rings. The molecule has 0 spiro atoms. The number of rotatable bonds is 10. The molecule has 2 heterocycles. The summed E-state index contributed by atoms with van der Waals surface area (Å²) in [6.07, 6.45) is 9.53. The monoisotopic (exact) mass is 412 g/mol. The second-order valence-electron chi connectivity index (χ2n) is 5.94. The molecule has 24 heavy (non-hydrogen) atoms. The van der Waals surface area contributed by atoms with E-state index in [1.165, 1.54) is 37.2 Å². The lowest BCUT2D eigenvalue weighted by atomic mass is 10.1. The van der Waals surface area contributed by atoms with Crippen molar-refractivity contribution in [2.75, 3.05) is 11.5 Å². The normalized spacial score (nSPS) is 22.8. The van der Waals surface area contributed by atoms with Gasteiger partial charge < -0.3 is 10.2 Å². The van der Waals surface area contributed by atoms with Crippen LogP contribution in [0.1, 0.15) is 64.2 Å². The number of hydrogen-bond acceptors (Lipinski definition) is 6. The standard InChI is InChI=1S/2C8H14O2S2/c2*9-8(10)4-2-1-3-7-5-6-11-12-7/h2*7H,1-6H2,(H,9,10)/t7-;/m0./s1. The fraction of sp³-hybridized carbons (Fsp3) is 0.875. The van der Waals surface area contributed by atoms with Crippen LogP contribution in [0.4, 0.5) is 0 Å². The van der Waals surface area contributed by atoms with Crippen LogP contribution in [0.3, 0.4) is 0 Å². The largest absolute Gasteiger partial charge is 0.481 e. The first kappa shape index (κ1) is 22.4. The predicted octanol–water partition coefficient (Wildman–Crippen LogP) is 5.57. The minimum atomic E-state index is -0.663. The highest BCUT2D eigenvalue weighted by molar-refractivity contribution is 8.77. The Labute approximate surface area is 160 Å². The van der Waals surface area contributed by atoms with Crippen LogP contribution >= 0.6 is 43.2 Å². The molecule has 8 heteroatoms. The number of carbonyl (C=O) groups is 2. The number of hydrogen-bond donors (Lipinski definition) is 2. The van der Waals surface area contributed by atoms with Gasteiger partial charge in [0, 0.05) is 34.8 Å². The third kappa shape index (κ3) is 12.7. The number of carboxylic acids is 2. The predicted molar refractivity (Wildman–Crippen MR) is 109 cm³/mol. The molecule has 2 aliphatic rings. The van der Waals surface area contributed by atoms with Crippen molar-refractivity contribution in [3.05, 3.63) is 0 Å². The topological polar surface area (TPSA) is 74.6 Å². The smallest absolute Gasteiger partial charge is 0.303 e. The maximum atomic E-state index is 10.2. The summed E-state index contributed by atoms with van der Waals surface area (Å²) in [5, 5.41) is 18.4. The lowest BCUT2D eigenvalue weighted by Gasteiger charge is -2.04. The molecule has 0 saturated carbocycles. The van der Waals surface area contributed by atoms with Crippen molar-refractivity contribution in [1.82, 2.24) is 0 Å². The molecule has 4 nitrogen and oxygen atoms in total.